The van der Waals surface area contributed by atoms with Gasteiger partial charge in [-0.1, -0.05) is 65.7 Å². The Hall–Kier alpha value is -2.38. The molecule has 1 unspecified atom stereocenters. The molecule has 4 rings (SSSR count). The second-order valence-corrected chi connectivity index (χ2v) is 9.64. The molecule has 0 saturated carbocycles. The molecule has 0 aromatic heterocycles. The lowest BCUT2D eigenvalue weighted by Gasteiger charge is -2.15. The SMILES string of the molecule is O=S(=O)(/N=C(/Cl)N1CC(c2ccccc2)C(c2ccc(Cl)cc2)=N1)c1ccc(Cl)cc1. The number of hydrazone groups is 1. The predicted octanol–water partition coefficient (Wildman–Crippen LogP) is 5.78. The summed E-state index contributed by atoms with van der Waals surface area (Å²) < 4.78 is 29.1. The monoisotopic (exact) mass is 491 g/mol. The normalized spacial score (nSPS) is 17.0. The van der Waals surface area contributed by atoms with Crippen molar-refractivity contribution in [2.75, 3.05) is 6.54 Å². The van der Waals surface area contributed by atoms with Crippen molar-refractivity contribution < 1.29 is 8.42 Å². The number of rotatable bonds is 4. The van der Waals surface area contributed by atoms with Gasteiger partial charge in [0.05, 0.1) is 17.2 Å². The highest BCUT2D eigenvalue weighted by atomic mass is 35.5. The van der Waals surface area contributed by atoms with E-state index in [2.05, 4.69) is 9.50 Å². The standard InChI is InChI=1S/C22H16Cl3N3O2S/c23-17-8-6-16(7-9-17)21-20(15-4-2-1-3-5-15)14-28(26-21)22(25)27-31(29,30)19-12-10-18(24)11-13-19/h1-13,20H,14H2/b27-22-. The van der Waals surface area contributed by atoms with Crippen molar-refractivity contribution in [2.24, 2.45) is 9.50 Å². The van der Waals surface area contributed by atoms with Gasteiger partial charge in [0, 0.05) is 16.0 Å². The molecule has 0 radical (unpaired) electrons. The van der Waals surface area contributed by atoms with Crippen LogP contribution in [0.4, 0.5) is 0 Å². The Kier molecular flexibility index (Phi) is 6.34. The molecule has 1 aliphatic heterocycles. The average Bonchev–Trinajstić information content (AvgIpc) is 3.21. The van der Waals surface area contributed by atoms with Gasteiger partial charge in [-0.05, 0) is 59.1 Å². The number of halogens is 3. The van der Waals surface area contributed by atoms with E-state index in [1.807, 2.05) is 42.5 Å². The molecule has 9 heteroatoms. The summed E-state index contributed by atoms with van der Waals surface area (Å²) in [6, 6.07) is 22.8. The third-order valence-corrected chi connectivity index (χ3v) is 6.94. The van der Waals surface area contributed by atoms with Crippen molar-refractivity contribution in [1.82, 2.24) is 5.01 Å². The fourth-order valence-electron chi connectivity index (χ4n) is 3.25. The number of hydrogen-bond donors (Lipinski definition) is 0. The van der Waals surface area contributed by atoms with E-state index in [4.69, 9.17) is 34.8 Å². The first kappa shape index (κ1) is 21.8. The second-order valence-electron chi connectivity index (χ2n) is 6.83. The van der Waals surface area contributed by atoms with Crippen LogP contribution in [0.3, 0.4) is 0 Å². The fraction of sp³-hybridized carbons (Fsp3) is 0.0909. The lowest BCUT2D eigenvalue weighted by molar-refractivity contribution is 0.483. The number of sulfonamides is 1. The van der Waals surface area contributed by atoms with Crippen LogP contribution in [0.25, 0.3) is 0 Å². The summed E-state index contributed by atoms with van der Waals surface area (Å²) in [6.07, 6.45) is 0. The van der Waals surface area contributed by atoms with Crippen molar-refractivity contribution in [1.29, 1.82) is 0 Å². The molecule has 3 aromatic rings. The van der Waals surface area contributed by atoms with Crippen LogP contribution < -0.4 is 0 Å². The molecule has 1 aliphatic rings. The third kappa shape index (κ3) is 4.93. The van der Waals surface area contributed by atoms with Gasteiger partial charge >= 0.3 is 0 Å². The summed E-state index contributed by atoms with van der Waals surface area (Å²) in [4.78, 5) is -0.00393. The molecule has 5 nitrogen and oxygen atoms in total. The molecule has 0 fully saturated rings. The summed E-state index contributed by atoms with van der Waals surface area (Å²) in [7, 11) is -4.01. The first-order valence-electron chi connectivity index (χ1n) is 9.26. The van der Waals surface area contributed by atoms with E-state index in [1.54, 1.807) is 12.1 Å². The molecular weight excluding hydrogens is 477 g/mol. The molecule has 31 heavy (non-hydrogen) atoms. The van der Waals surface area contributed by atoms with Crippen LogP contribution >= 0.6 is 34.8 Å². The van der Waals surface area contributed by atoms with Gasteiger partial charge in [-0.2, -0.15) is 13.5 Å². The summed E-state index contributed by atoms with van der Waals surface area (Å²) in [6.45, 7) is 0.348. The van der Waals surface area contributed by atoms with Gasteiger partial charge in [0.25, 0.3) is 10.0 Å². The Morgan fingerprint density at radius 2 is 1.48 bits per heavy atom. The lowest BCUT2D eigenvalue weighted by Crippen LogP contribution is -2.23. The molecule has 0 amide bonds. The zero-order valence-electron chi connectivity index (χ0n) is 16.0. The van der Waals surface area contributed by atoms with E-state index in [1.165, 1.54) is 29.3 Å². The van der Waals surface area contributed by atoms with Gasteiger partial charge in [0.2, 0.25) is 5.29 Å². The van der Waals surface area contributed by atoms with Gasteiger partial charge in [-0.25, -0.2) is 5.01 Å². The van der Waals surface area contributed by atoms with Gasteiger partial charge in [-0.3, -0.25) is 0 Å². The molecule has 3 aromatic carbocycles. The molecule has 1 atom stereocenters. The van der Waals surface area contributed by atoms with E-state index < -0.39 is 10.0 Å². The van der Waals surface area contributed by atoms with Crippen LogP contribution in [0.5, 0.6) is 0 Å². The van der Waals surface area contributed by atoms with Crippen molar-refractivity contribution in [2.45, 2.75) is 10.8 Å². The lowest BCUT2D eigenvalue weighted by atomic mass is 9.91. The second kappa shape index (κ2) is 9.01. The minimum absolute atomic E-state index is 0.00393. The maximum Gasteiger partial charge on any atom is 0.285 e. The number of benzene rings is 3. The maximum absolute atomic E-state index is 12.6. The third-order valence-electron chi connectivity index (χ3n) is 4.78. The summed E-state index contributed by atoms with van der Waals surface area (Å²) in [5.41, 5.74) is 2.65. The molecule has 0 N–H and O–H groups in total. The highest BCUT2D eigenvalue weighted by Crippen LogP contribution is 2.30. The highest BCUT2D eigenvalue weighted by molar-refractivity contribution is 7.90. The van der Waals surface area contributed by atoms with Gasteiger partial charge in [-0.15, -0.1) is 4.40 Å². The van der Waals surface area contributed by atoms with Crippen molar-refractivity contribution >= 4 is 55.8 Å². The molecule has 0 saturated heterocycles. The number of nitrogens with zero attached hydrogens (tertiary/aromatic N) is 3. The van der Waals surface area contributed by atoms with E-state index in [-0.39, 0.29) is 16.1 Å². The average molecular weight is 493 g/mol. The quantitative estimate of drug-likeness (QED) is 0.263. The van der Waals surface area contributed by atoms with Crippen LogP contribution in [0, 0.1) is 0 Å². The molecule has 0 aliphatic carbocycles. The van der Waals surface area contributed by atoms with Crippen LogP contribution in [0.15, 0.2) is 93.3 Å². The molecule has 158 valence electrons. The van der Waals surface area contributed by atoms with Crippen molar-refractivity contribution in [3.63, 3.8) is 0 Å². The molecule has 0 spiro atoms. The van der Waals surface area contributed by atoms with Gasteiger partial charge in [0.1, 0.15) is 0 Å². The Balaban J connectivity index is 1.70. The van der Waals surface area contributed by atoms with Gasteiger partial charge in [0.15, 0.2) is 0 Å². The number of hydrogen-bond acceptors (Lipinski definition) is 3. The Bertz CT molecular complexity index is 1240. The summed E-state index contributed by atoms with van der Waals surface area (Å²) in [5, 5.41) is 6.80. The summed E-state index contributed by atoms with van der Waals surface area (Å²) >= 11 is 18.2. The largest absolute Gasteiger partial charge is 0.285 e. The van der Waals surface area contributed by atoms with Crippen LogP contribution in [-0.2, 0) is 10.0 Å². The first-order valence-corrected chi connectivity index (χ1v) is 11.8. The van der Waals surface area contributed by atoms with Crippen LogP contribution in [0.2, 0.25) is 10.0 Å². The maximum atomic E-state index is 12.6. The van der Waals surface area contributed by atoms with Crippen LogP contribution in [-0.4, -0.2) is 31.0 Å². The van der Waals surface area contributed by atoms with Crippen molar-refractivity contribution in [3.05, 3.63) is 100 Å². The Morgan fingerprint density at radius 3 is 2.10 bits per heavy atom. The smallest absolute Gasteiger partial charge is 0.236 e. The highest BCUT2D eigenvalue weighted by Gasteiger charge is 2.31. The first-order chi connectivity index (χ1) is 14.8. The van der Waals surface area contributed by atoms with E-state index in [0.29, 0.717) is 16.6 Å². The van der Waals surface area contributed by atoms with Crippen molar-refractivity contribution in [3.8, 4) is 0 Å². The molecule has 1 heterocycles. The van der Waals surface area contributed by atoms with E-state index in [0.717, 1.165) is 16.8 Å². The number of amidine groups is 1. The van der Waals surface area contributed by atoms with E-state index >= 15 is 0 Å². The zero-order chi connectivity index (χ0) is 22.0. The van der Waals surface area contributed by atoms with E-state index in [9.17, 15) is 8.42 Å². The Morgan fingerprint density at radius 1 is 0.903 bits per heavy atom. The topological polar surface area (TPSA) is 62.1 Å². The summed E-state index contributed by atoms with van der Waals surface area (Å²) in [5.74, 6) is -0.121. The molecular formula is C22H16Cl3N3O2S. The van der Waals surface area contributed by atoms with Crippen LogP contribution in [0.1, 0.15) is 17.0 Å². The van der Waals surface area contributed by atoms with Gasteiger partial charge < -0.3 is 0 Å². The minimum atomic E-state index is -4.01. The zero-order valence-corrected chi connectivity index (χ0v) is 19.1. The minimum Gasteiger partial charge on any atom is -0.236 e. The Labute approximate surface area is 195 Å². The predicted molar refractivity (Wildman–Crippen MR) is 126 cm³/mol. The fourth-order valence-corrected chi connectivity index (χ4v) is 4.76. The molecule has 0 bridgehead atoms.